The second-order valence-corrected chi connectivity index (χ2v) is 5.82. The third kappa shape index (κ3) is 4.52. The highest BCUT2D eigenvalue weighted by Crippen LogP contribution is 2.27. The van der Waals surface area contributed by atoms with Gasteiger partial charge in [0.05, 0.1) is 20.4 Å². The lowest BCUT2D eigenvalue weighted by molar-refractivity contribution is -0.120. The zero-order valence-electron chi connectivity index (χ0n) is 13.9. The molecule has 0 aromatic heterocycles. The number of ether oxygens (including phenoxy) is 2. The molecule has 2 aromatic carbocycles. The van der Waals surface area contributed by atoms with Crippen LogP contribution in [0.3, 0.4) is 0 Å². The summed E-state index contributed by atoms with van der Waals surface area (Å²) in [4.78, 5) is 12.3. The minimum absolute atomic E-state index is 0.162. The Morgan fingerprint density at radius 3 is 2.46 bits per heavy atom. The van der Waals surface area contributed by atoms with E-state index in [2.05, 4.69) is 10.5 Å². The van der Waals surface area contributed by atoms with Crippen LogP contribution in [0.4, 0.5) is 0 Å². The van der Waals surface area contributed by atoms with Crippen LogP contribution in [0.5, 0.6) is 11.5 Å². The number of hydrogen-bond donors (Lipinski definition) is 1. The van der Waals surface area contributed by atoms with E-state index >= 15 is 0 Å². The summed E-state index contributed by atoms with van der Waals surface area (Å²) in [5.74, 6) is 1.09. The van der Waals surface area contributed by atoms with Crippen molar-refractivity contribution in [1.29, 1.82) is 0 Å². The highest BCUT2D eigenvalue weighted by molar-refractivity contribution is 7.99. The molecule has 126 valence electrons. The zero-order chi connectivity index (χ0) is 17.4. The van der Waals surface area contributed by atoms with Crippen LogP contribution in [0.1, 0.15) is 16.4 Å². The summed E-state index contributed by atoms with van der Waals surface area (Å²) in [5, 5.41) is 3.74. The fourth-order valence-corrected chi connectivity index (χ4v) is 2.88. The first-order valence-corrected chi connectivity index (χ1v) is 8.61. The number of benzene rings is 2. The molecule has 0 heterocycles. The number of carbonyl (C=O) groups excluding carboxylic acids is 1. The molecule has 0 saturated heterocycles. The molecular formula is C18H20N2O3S. The van der Waals surface area contributed by atoms with E-state index < -0.39 is 0 Å². The van der Waals surface area contributed by atoms with Crippen molar-refractivity contribution in [2.75, 3.05) is 20.5 Å². The molecule has 1 N–H and O–H groups in total. The van der Waals surface area contributed by atoms with Crippen LogP contribution in [0, 0.1) is 0 Å². The normalized spacial score (nSPS) is 12.0. The molecule has 6 heteroatoms. The predicted octanol–water partition coefficient (Wildman–Crippen LogP) is 3.26. The van der Waals surface area contributed by atoms with E-state index in [1.54, 1.807) is 32.6 Å². The molecule has 1 atom stereocenters. The number of hydrazone groups is 1. The van der Waals surface area contributed by atoms with E-state index in [1.165, 1.54) is 11.8 Å². The number of amides is 1. The van der Waals surface area contributed by atoms with Crippen molar-refractivity contribution in [3.63, 3.8) is 0 Å². The van der Waals surface area contributed by atoms with Crippen molar-refractivity contribution in [1.82, 2.24) is 5.43 Å². The van der Waals surface area contributed by atoms with Crippen LogP contribution in [-0.4, -0.2) is 32.6 Å². The molecule has 0 saturated carbocycles. The molecular weight excluding hydrogens is 324 g/mol. The van der Waals surface area contributed by atoms with Crippen molar-refractivity contribution in [2.45, 2.75) is 5.25 Å². The Morgan fingerprint density at radius 2 is 1.83 bits per heavy atom. The Bertz CT molecular complexity index is 705. The number of hydrogen-bond acceptors (Lipinski definition) is 5. The predicted molar refractivity (Wildman–Crippen MR) is 98.0 cm³/mol. The Morgan fingerprint density at radius 1 is 1.12 bits per heavy atom. The fourth-order valence-electron chi connectivity index (χ4n) is 2.18. The number of nitrogens with one attached hydrogen (secondary N) is 1. The highest BCUT2D eigenvalue weighted by atomic mass is 32.2. The van der Waals surface area contributed by atoms with Crippen LogP contribution in [0.2, 0.25) is 0 Å². The quantitative estimate of drug-likeness (QED) is 0.619. The van der Waals surface area contributed by atoms with E-state index in [0.29, 0.717) is 11.5 Å². The second kappa shape index (κ2) is 8.98. The van der Waals surface area contributed by atoms with Gasteiger partial charge < -0.3 is 9.47 Å². The molecule has 0 spiro atoms. The standard InChI is InChI=1S/C18H20N2O3S/c1-22-15-10-9-13(11-16(15)23-2)12-19-20-18(21)17(24-3)14-7-5-4-6-8-14/h4-12,17H,1-3H3,(H,20,21). The van der Waals surface area contributed by atoms with Gasteiger partial charge in [0.2, 0.25) is 0 Å². The topological polar surface area (TPSA) is 59.9 Å². The Hall–Kier alpha value is -2.47. The van der Waals surface area contributed by atoms with E-state index in [4.69, 9.17) is 9.47 Å². The number of nitrogens with zero attached hydrogens (tertiary/aromatic N) is 1. The van der Waals surface area contributed by atoms with Crippen LogP contribution >= 0.6 is 11.8 Å². The summed E-state index contributed by atoms with van der Waals surface area (Å²) in [6, 6.07) is 15.0. The first-order chi connectivity index (χ1) is 11.7. The van der Waals surface area contributed by atoms with Crippen molar-refractivity contribution in [3.05, 3.63) is 59.7 Å². The van der Waals surface area contributed by atoms with Crippen molar-refractivity contribution in [2.24, 2.45) is 5.10 Å². The molecule has 5 nitrogen and oxygen atoms in total. The minimum atomic E-state index is -0.297. The molecule has 24 heavy (non-hydrogen) atoms. The summed E-state index contributed by atoms with van der Waals surface area (Å²) in [5.41, 5.74) is 4.33. The Balaban J connectivity index is 2.04. The van der Waals surface area contributed by atoms with Gasteiger partial charge in [-0.25, -0.2) is 5.43 Å². The zero-order valence-corrected chi connectivity index (χ0v) is 14.7. The van der Waals surface area contributed by atoms with Gasteiger partial charge in [-0.1, -0.05) is 30.3 Å². The van der Waals surface area contributed by atoms with E-state index in [1.807, 2.05) is 42.7 Å². The number of carbonyl (C=O) groups is 1. The first kappa shape index (κ1) is 17.9. The molecule has 0 aliphatic carbocycles. The van der Waals surface area contributed by atoms with Crippen LogP contribution in [-0.2, 0) is 4.79 Å². The summed E-state index contributed by atoms with van der Waals surface area (Å²) in [6.45, 7) is 0. The molecule has 0 fully saturated rings. The lowest BCUT2D eigenvalue weighted by Gasteiger charge is -2.12. The molecule has 1 unspecified atom stereocenters. The largest absolute Gasteiger partial charge is 0.493 e. The SMILES string of the molecule is COc1ccc(C=NNC(=O)C(SC)c2ccccc2)cc1OC. The highest BCUT2D eigenvalue weighted by Gasteiger charge is 2.18. The maximum atomic E-state index is 12.3. The molecule has 2 aromatic rings. The first-order valence-electron chi connectivity index (χ1n) is 7.32. The molecule has 2 rings (SSSR count). The molecule has 0 aliphatic heterocycles. The van der Waals surface area contributed by atoms with Gasteiger partial charge in [0.15, 0.2) is 11.5 Å². The summed E-state index contributed by atoms with van der Waals surface area (Å²) in [7, 11) is 3.15. The van der Waals surface area contributed by atoms with Crippen molar-refractivity contribution < 1.29 is 14.3 Å². The van der Waals surface area contributed by atoms with Gasteiger partial charge in [-0.3, -0.25) is 4.79 Å². The van der Waals surface area contributed by atoms with Gasteiger partial charge in [-0.2, -0.15) is 5.10 Å². The van der Waals surface area contributed by atoms with Crippen LogP contribution in [0.15, 0.2) is 53.6 Å². The maximum absolute atomic E-state index is 12.3. The van der Waals surface area contributed by atoms with Gasteiger partial charge in [-0.05, 0) is 35.6 Å². The van der Waals surface area contributed by atoms with Gasteiger partial charge in [0, 0.05) is 0 Å². The third-order valence-electron chi connectivity index (χ3n) is 3.37. The fraction of sp³-hybridized carbons (Fsp3) is 0.222. The average molecular weight is 344 g/mol. The average Bonchev–Trinajstić information content (AvgIpc) is 2.63. The third-order valence-corrected chi connectivity index (χ3v) is 4.33. The van der Waals surface area contributed by atoms with Crippen LogP contribution < -0.4 is 14.9 Å². The van der Waals surface area contributed by atoms with Gasteiger partial charge in [0.25, 0.3) is 5.91 Å². The minimum Gasteiger partial charge on any atom is -0.493 e. The van der Waals surface area contributed by atoms with Crippen molar-refractivity contribution in [3.8, 4) is 11.5 Å². The second-order valence-electron chi connectivity index (χ2n) is 4.88. The van der Waals surface area contributed by atoms with E-state index in [-0.39, 0.29) is 11.2 Å². The van der Waals surface area contributed by atoms with Crippen LogP contribution in [0.25, 0.3) is 0 Å². The number of methoxy groups -OCH3 is 2. The lowest BCUT2D eigenvalue weighted by Crippen LogP contribution is -2.23. The summed E-state index contributed by atoms with van der Waals surface area (Å²) >= 11 is 1.47. The van der Waals surface area contributed by atoms with Crippen molar-refractivity contribution >= 4 is 23.9 Å². The lowest BCUT2D eigenvalue weighted by atomic mass is 10.1. The Labute approximate surface area is 146 Å². The van der Waals surface area contributed by atoms with Gasteiger partial charge in [-0.15, -0.1) is 11.8 Å². The van der Waals surface area contributed by atoms with E-state index in [9.17, 15) is 4.79 Å². The molecule has 1 amide bonds. The monoisotopic (exact) mass is 344 g/mol. The summed E-state index contributed by atoms with van der Waals surface area (Å²) in [6.07, 6.45) is 3.47. The summed E-state index contributed by atoms with van der Waals surface area (Å²) < 4.78 is 10.4. The molecule has 0 bridgehead atoms. The number of thioether (sulfide) groups is 1. The molecule has 0 aliphatic rings. The Kier molecular flexibility index (Phi) is 6.69. The van der Waals surface area contributed by atoms with Gasteiger partial charge >= 0.3 is 0 Å². The smallest absolute Gasteiger partial charge is 0.257 e. The van der Waals surface area contributed by atoms with Gasteiger partial charge in [0.1, 0.15) is 5.25 Å². The molecule has 0 radical (unpaired) electrons. The maximum Gasteiger partial charge on any atom is 0.257 e. The number of rotatable bonds is 7. The van der Waals surface area contributed by atoms with E-state index in [0.717, 1.165) is 11.1 Å².